The van der Waals surface area contributed by atoms with Crippen LogP contribution >= 0.6 is 23.7 Å². The lowest BCUT2D eigenvalue weighted by atomic mass is 9.65. The van der Waals surface area contributed by atoms with Gasteiger partial charge in [-0.25, -0.2) is 0 Å². The highest BCUT2D eigenvalue weighted by Gasteiger charge is 2.41. The van der Waals surface area contributed by atoms with E-state index in [2.05, 4.69) is 15.5 Å². The van der Waals surface area contributed by atoms with Gasteiger partial charge in [-0.3, -0.25) is 4.79 Å². The molecular formula is C13H18ClF3N4OS. The SMILES string of the molecule is Cl.NC1C2CCCC1CC(C(=O)Nc1nnc(C(F)(F)F)s1)C2. The summed E-state index contributed by atoms with van der Waals surface area (Å²) in [5.41, 5.74) is 6.17. The van der Waals surface area contributed by atoms with Crippen molar-refractivity contribution in [3.63, 3.8) is 0 Å². The van der Waals surface area contributed by atoms with Crippen molar-refractivity contribution in [2.45, 2.75) is 44.3 Å². The molecule has 2 bridgehead atoms. The Kier molecular flexibility index (Phi) is 5.52. The summed E-state index contributed by atoms with van der Waals surface area (Å²) in [7, 11) is 0. The molecule has 23 heavy (non-hydrogen) atoms. The van der Waals surface area contributed by atoms with Crippen LogP contribution in [0, 0.1) is 17.8 Å². The summed E-state index contributed by atoms with van der Waals surface area (Å²) < 4.78 is 37.4. The summed E-state index contributed by atoms with van der Waals surface area (Å²) in [6.07, 6.45) is 0.0673. The molecule has 3 N–H and O–H groups in total. The topological polar surface area (TPSA) is 80.9 Å². The van der Waals surface area contributed by atoms with E-state index in [1.165, 1.54) is 0 Å². The molecule has 0 spiro atoms. The first-order valence-corrected chi connectivity index (χ1v) is 8.13. The fourth-order valence-electron chi connectivity index (χ4n) is 3.60. The van der Waals surface area contributed by atoms with E-state index in [-0.39, 0.29) is 35.4 Å². The van der Waals surface area contributed by atoms with Crippen LogP contribution in [0.4, 0.5) is 18.3 Å². The molecule has 2 aliphatic rings. The van der Waals surface area contributed by atoms with Crippen molar-refractivity contribution >= 4 is 34.8 Å². The summed E-state index contributed by atoms with van der Waals surface area (Å²) in [4.78, 5) is 12.3. The maximum atomic E-state index is 12.5. The first kappa shape index (κ1) is 18.4. The second kappa shape index (κ2) is 6.90. The molecule has 1 heterocycles. The molecule has 1 aromatic heterocycles. The first-order valence-electron chi connectivity index (χ1n) is 7.31. The van der Waals surface area contributed by atoms with Crippen molar-refractivity contribution in [2.24, 2.45) is 23.5 Å². The predicted octanol–water partition coefficient (Wildman–Crippen LogP) is 3.07. The number of amides is 1. The van der Waals surface area contributed by atoms with Crippen LogP contribution in [0.3, 0.4) is 0 Å². The van der Waals surface area contributed by atoms with Crippen molar-refractivity contribution < 1.29 is 18.0 Å². The van der Waals surface area contributed by atoms with Gasteiger partial charge in [-0.1, -0.05) is 17.8 Å². The molecule has 2 saturated carbocycles. The van der Waals surface area contributed by atoms with Gasteiger partial charge < -0.3 is 11.1 Å². The lowest BCUT2D eigenvalue weighted by Crippen LogP contribution is -2.48. The van der Waals surface area contributed by atoms with Crippen molar-refractivity contribution in [1.82, 2.24) is 10.2 Å². The summed E-state index contributed by atoms with van der Waals surface area (Å²) in [6, 6.07) is 0.149. The molecular weight excluding hydrogens is 353 g/mol. The number of hydrogen-bond acceptors (Lipinski definition) is 5. The van der Waals surface area contributed by atoms with Crippen molar-refractivity contribution in [2.75, 3.05) is 5.32 Å². The van der Waals surface area contributed by atoms with Gasteiger partial charge >= 0.3 is 6.18 Å². The van der Waals surface area contributed by atoms with E-state index in [4.69, 9.17) is 5.73 Å². The molecule has 2 unspecified atom stereocenters. The third-order valence-electron chi connectivity index (χ3n) is 4.68. The molecule has 10 heteroatoms. The zero-order chi connectivity index (χ0) is 15.9. The molecule has 0 aliphatic heterocycles. The quantitative estimate of drug-likeness (QED) is 0.838. The Morgan fingerprint density at radius 3 is 2.35 bits per heavy atom. The highest BCUT2D eigenvalue weighted by molar-refractivity contribution is 7.15. The van der Waals surface area contributed by atoms with Crippen LogP contribution in [0.15, 0.2) is 0 Å². The smallest absolute Gasteiger partial charge is 0.327 e. The molecule has 1 aromatic rings. The number of alkyl halides is 3. The maximum absolute atomic E-state index is 12.5. The number of nitrogens with one attached hydrogen (secondary N) is 1. The molecule has 0 saturated heterocycles. The van der Waals surface area contributed by atoms with Crippen LogP contribution in [0.1, 0.15) is 37.1 Å². The van der Waals surface area contributed by atoms with Crippen LogP contribution in [0.5, 0.6) is 0 Å². The van der Waals surface area contributed by atoms with E-state index in [1.807, 2.05) is 0 Å². The van der Waals surface area contributed by atoms with E-state index >= 15 is 0 Å². The summed E-state index contributed by atoms with van der Waals surface area (Å²) in [5, 5.41) is 7.78. The van der Waals surface area contributed by atoms with Crippen molar-refractivity contribution in [1.29, 1.82) is 0 Å². The van der Waals surface area contributed by atoms with E-state index in [9.17, 15) is 18.0 Å². The third kappa shape index (κ3) is 3.95. The Morgan fingerprint density at radius 2 is 1.83 bits per heavy atom. The predicted molar refractivity (Wildman–Crippen MR) is 82.3 cm³/mol. The molecule has 1 amide bonds. The number of nitrogens with zero attached hydrogens (tertiary/aromatic N) is 2. The standard InChI is InChI=1S/C13H17F3N4OS.ClH/c14-13(15,16)11-19-20-12(22-11)18-10(21)8-4-6-2-1-3-7(5-8)9(6)17;/h6-9H,1-5,17H2,(H,18,20,21);1H. The highest BCUT2D eigenvalue weighted by Crippen LogP contribution is 2.42. The molecule has 5 nitrogen and oxygen atoms in total. The zero-order valence-corrected chi connectivity index (χ0v) is 13.8. The van der Waals surface area contributed by atoms with Gasteiger partial charge in [0.15, 0.2) is 0 Å². The molecule has 0 aromatic carbocycles. The van der Waals surface area contributed by atoms with E-state index in [0.717, 1.165) is 19.3 Å². The summed E-state index contributed by atoms with van der Waals surface area (Å²) >= 11 is 0.350. The number of aromatic nitrogens is 2. The number of anilines is 1. The summed E-state index contributed by atoms with van der Waals surface area (Å²) in [5.74, 6) is 0.203. The van der Waals surface area contributed by atoms with Crippen LogP contribution in [-0.2, 0) is 11.0 Å². The lowest BCUT2D eigenvalue weighted by Gasteiger charge is -2.43. The van der Waals surface area contributed by atoms with Gasteiger partial charge in [0.05, 0.1) is 0 Å². The minimum absolute atomic E-state index is 0. The number of carbonyl (C=O) groups is 1. The van der Waals surface area contributed by atoms with Crippen molar-refractivity contribution in [3.05, 3.63) is 5.01 Å². The maximum Gasteiger partial charge on any atom is 0.445 e. The average Bonchev–Trinajstić information content (AvgIpc) is 2.86. The van der Waals surface area contributed by atoms with Gasteiger partial charge in [-0.2, -0.15) is 13.2 Å². The van der Waals surface area contributed by atoms with Gasteiger partial charge in [0.2, 0.25) is 16.0 Å². The highest BCUT2D eigenvalue weighted by atomic mass is 35.5. The van der Waals surface area contributed by atoms with Gasteiger partial charge in [-0.05, 0) is 37.5 Å². The molecule has 130 valence electrons. The van der Waals surface area contributed by atoms with Crippen LogP contribution in [0.25, 0.3) is 0 Å². The molecule has 2 aliphatic carbocycles. The number of nitrogens with two attached hydrogens (primary N) is 1. The normalized spacial score (nSPS) is 30.4. The van der Waals surface area contributed by atoms with Crippen LogP contribution in [0.2, 0.25) is 0 Å². The molecule has 2 atom stereocenters. The number of rotatable bonds is 2. The van der Waals surface area contributed by atoms with E-state index in [1.54, 1.807) is 0 Å². The van der Waals surface area contributed by atoms with Gasteiger partial charge in [0.25, 0.3) is 0 Å². The lowest BCUT2D eigenvalue weighted by molar-refractivity contribution is -0.138. The monoisotopic (exact) mass is 370 g/mol. The Bertz CT molecular complexity index is 554. The minimum Gasteiger partial charge on any atom is -0.327 e. The fraction of sp³-hybridized carbons (Fsp3) is 0.769. The number of carbonyl (C=O) groups excluding carboxylic acids is 1. The fourth-order valence-corrected chi connectivity index (χ4v) is 4.21. The number of fused-ring (bicyclic) bond motifs is 2. The number of halogens is 4. The van der Waals surface area contributed by atoms with E-state index in [0.29, 0.717) is 36.0 Å². The Balaban J connectivity index is 0.00000192. The van der Waals surface area contributed by atoms with Gasteiger partial charge in [-0.15, -0.1) is 22.6 Å². The molecule has 2 fully saturated rings. The Labute approximate surface area is 141 Å². The van der Waals surface area contributed by atoms with Gasteiger partial charge in [0, 0.05) is 12.0 Å². The minimum atomic E-state index is -4.53. The Morgan fingerprint density at radius 1 is 1.22 bits per heavy atom. The Hall–Kier alpha value is -0.930. The average molecular weight is 371 g/mol. The van der Waals surface area contributed by atoms with Gasteiger partial charge in [0.1, 0.15) is 0 Å². The van der Waals surface area contributed by atoms with Crippen molar-refractivity contribution in [3.8, 4) is 0 Å². The number of hydrogen-bond donors (Lipinski definition) is 2. The van der Waals surface area contributed by atoms with Crippen LogP contribution in [-0.4, -0.2) is 22.1 Å². The first-order chi connectivity index (χ1) is 10.3. The largest absolute Gasteiger partial charge is 0.445 e. The van der Waals surface area contributed by atoms with Crippen LogP contribution < -0.4 is 11.1 Å². The third-order valence-corrected chi connectivity index (χ3v) is 5.56. The second-order valence-corrected chi connectivity index (χ2v) is 7.07. The van der Waals surface area contributed by atoms with E-state index < -0.39 is 11.2 Å². The second-order valence-electron chi connectivity index (χ2n) is 6.10. The molecule has 0 radical (unpaired) electrons. The zero-order valence-electron chi connectivity index (χ0n) is 12.2. The molecule has 3 rings (SSSR count). The summed E-state index contributed by atoms with van der Waals surface area (Å²) in [6.45, 7) is 0.